The molecule has 1 aliphatic heterocycles. The monoisotopic (exact) mass is 474 g/mol. The van der Waals surface area contributed by atoms with E-state index in [0.29, 0.717) is 11.4 Å². The number of hydrogen-bond donors (Lipinski definition) is 2. The van der Waals surface area contributed by atoms with Crippen molar-refractivity contribution in [1.29, 1.82) is 0 Å². The van der Waals surface area contributed by atoms with E-state index in [2.05, 4.69) is 19.9 Å². The van der Waals surface area contributed by atoms with Crippen LogP contribution in [-0.2, 0) is 23.3 Å². The number of anilines is 1. The third-order valence-corrected chi connectivity index (χ3v) is 5.68. The highest BCUT2D eigenvalue weighted by molar-refractivity contribution is 7.90. The number of carbonyl (C=O) groups is 1. The number of ether oxygens (including phenoxy) is 2. The van der Waals surface area contributed by atoms with Crippen molar-refractivity contribution in [2.45, 2.75) is 20.0 Å². The molecule has 2 N–H and O–H groups in total. The number of benzene rings is 1. The SMILES string of the molecule is CNS(=O)(=O)Nc1cccc(CN2Cc3ncc(Oc4ccc(C)nn4)cc3OC2=O)c1F. The Hall–Kier alpha value is -3.84. The van der Waals surface area contributed by atoms with E-state index in [4.69, 9.17) is 9.47 Å². The Bertz CT molecular complexity index is 1300. The van der Waals surface area contributed by atoms with Crippen molar-refractivity contribution in [3.8, 4) is 17.4 Å². The van der Waals surface area contributed by atoms with E-state index in [0.717, 1.165) is 5.69 Å². The van der Waals surface area contributed by atoms with Crippen LogP contribution in [0.5, 0.6) is 17.4 Å². The third-order valence-electron chi connectivity index (χ3n) is 4.65. The first-order valence-corrected chi connectivity index (χ1v) is 11.1. The average Bonchev–Trinajstić information content (AvgIpc) is 2.78. The van der Waals surface area contributed by atoms with Crippen LogP contribution < -0.4 is 18.9 Å². The number of halogens is 1. The van der Waals surface area contributed by atoms with Crippen LogP contribution in [0.2, 0.25) is 0 Å². The molecule has 3 heterocycles. The maximum Gasteiger partial charge on any atom is 0.415 e. The predicted octanol–water partition coefficient (Wildman–Crippen LogP) is 2.50. The van der Waals surface area contributed by atoms with Crippen LogP contribution in [0.4, 0.5) is 14.9 Å². The van der Waals surface area contributed by atoms with Crippen molar-refractivity contribution >= 4 is 22.0 Å². The fourth-order valence-corrected chi connectivity index (χ4v) is 3.54. The van der Waals surface area contributed by atoms with Crippen LogP contribution in [-0.4, -0.2) is 41.6 Å². The lowest BCUT2D eigenvalue weighted by Crippen LogP contribution is -2.37. The topological polar surface area (TPSA) is 136 Å². The molecule has 13 heteroatoms. The summed E-state index contributed by atoms with van der Waals surface area (Å²) < 4.78 is 53.2. The van der Waals surface area contributed by atoms with Gasteiger partial charge in [0.15, 0.2) is 17.3 Å². The lowest BCUT2D eigenvalue weighted by molar-refractivity contribution is 0.133. The molecule has 0 fully saturated rings. The van der Waals surface area contributed by atoms with Crippen LogP contribution in [0.15, 0.2) is 42.6 Å². The maximum atomic E-state index is 14.8. The largest absolute Gasteiger partial charge is 0.436 e. The van der Waals surface area contributed by atoms with Crippen molar-refractivity contribution in [3.63, 3.8) is 0 Å². The first-order valence-electron chi connectivity index (χ1n) is 9.66. The Balaban J connectivity index is 1.49. The summed E-state index contributed by atoms with van der Waals surface area (Å²) in [4.78, 5) is 18.0. The summed E-state index contributed by atoms with van der Waals surface area (Å²) in [5.74, 6) is -0.0188. The molecule has 0 aliphatic carbocycles. The fourth-order valence-electron chi connectivity index (χ4n) is 2.99. The molecule has 0 atom stereocenters. The molecule has 0 unspecified atom stereocenters. The number of fused-ring (bicyclic) bond motifs is 1. The molecule has 4 rings (SSSR count). The van der Waals surface area contributed by atoms with E-state index in [1.165, 1.54) is 42.4 Å². The smallest absolute Gasteiger partial charge is 0.415 e. The summed E-state index contributed by atoms with van der Waals surface area (Å²) in [5.41, 5.74) is 1.04. The Morgan fingerprint density at radius 1 is 1.24 bits per heavy atom. The zero-order chi connectivity index (χ0) is 23.6. The Morgan fingerprint density at radius 2 is 2.06 bits per heavy atom. The Labute approximate surface area is 188 Å². The Kier molecular flexibility index (Phi) is 6.07. The minimum absolute atomic E-state index is 0.0602. The van der Waals surface area contributed by atoms with Crippen molar-refractivity contribution in [2.24, 2.45) is 0 Å². The van der Waals surface area contributed by atoms with Gasteiger partial charge >= 0.3 is 6.09 Å². The number of rotatable bonds is 7. The number of hydrogen-bond acceptors (Lipinski definition) is 8. The minimum atomic E-state index is -3.90. The van der Waals surface area contributed by atoms with Gasteiger partial charge in [-0.25, -0.2) is 13.9 Å². The Morgan fingerprint density at radius 3 is 2.79 bits per heavy atom. The first kappa shape index (κ1) is 22.4. The molecular weight excluding hydrogens is 455 g/mol. The molecule has 1 aliphatic rings. The van der Waals surface area contributed by atoms with E-state index >= 15 is 0 Å². The number of pyridine rings is 1. The lowest BCUT2D eigenvalue weighted by Gasteiger charge is -2.27. The molecule has 33 heavy (non-hydrogen) atoms. The number of nitrogens with zero attached hydrogens (tertiary/aromatic N) is 4. The van der Waals surface area contributed by atoms with Gasteiger partial charge in [0.1, 0.15) is 5.69 Å². The predicted molar refractivity (Wildman–Crippen MR) is 114 cm³/mol. The molecule has 1 amide bonds. The highest BCUT2D eigenvalue weighted by Gasteiger charge is 2.28. The molecule has 0 spiro atoms. The zero-order valence-corrected chi connectivity index (χ0v) is 18.4. The maximum absolute atomic E-state index is 14.8. The molecule has 0 radical (unpaired) electrons. The number of nitrogens with one attached hydrogen (secondary N) is 2. The minimum Gasteiger partial charge on any atom is -0.436 e. The third kappa shape index (κ3) is 5.15. The molecular formula is C20H19FN6O5S. The highest BCUT2D eigenvalue weighted by Crippen LogP contribution is 2.31. The van der Waals surface area contributed by atoms with Gasteiger partial charge in [0.05, 0.1) is 30.7 Å². The van der Waals surface area contributed by atoms with Crippen LogP contribution in [0.3, 0.4) is 0 Å². The van der Waals surface area contributed by atoms with Gasteiger partial charge in [-0.15, -0.1) is 5.10 Å². The van der Waals surface area contributed by atoms with Crippen LogP contribution in [0.1, 0.15) is 17.0 Å². The summed E-state index contributed by atoms with van der Waals surface area (Å²) in [6, 6.07) is 9.10. The van der Waals surface area contributed by atoms with Gasteiger partial charge in [0, 0.05) is 24.7 Å². The van der Waals surface area contributed by atoms with Gasteiger partial charge in [-0.1, -0.05) is 12.1 Å². The summed E-state index contributed by atoms with van der Waals surface area (Å²) in [6.45, 7) is 1.70. The lowest BCUT2D eigenvalue weighted by atomic mass is 10.1. The number of carbonyl (C=O) groups excluding carboxylic acids is 1. The van der Waals surface area contributed by atoms with E-state index in [9.17, 15) is 17.6 Å². The van der Waals surface area contributed by atoms with Crippen molar-refractivity contribution < 1.29 is 27.1 Å². The van der Waals surface area contributed by atoms with E-state index in [1.807, 2.05) is 4.72 Å². The van der Waals surface area contributed by atoms with Gasteiger partial charge in [0.2, 0.25) is 5.88 Å². The van der Waals surface area contributed by atoms with Gasteiger partial charge in [-0.3, -0.25) is 14.6 Å². The number of amides is 1. The molecule has 1 aromatic carbocycles. The van der Waals surface area contributed by atoms with Crippen LogP contribution in [0.25, 0.3) is 0 Å². The standard InChI is InChI=1S/C20H19FN6O5S/c1-12-6-7-18(25-24-12)31-14-8-17-16(23-9-14)11-27(20(28)32-17)10-13-4-3-5-15(19(13)21)26-33(29,30)22-2/h3-9,22,26H,10-11H2,1-2H3. The van der Waals surface area contributed by atoms with E-state index in [-0.39, 0.29) is 36.0 Å². The molecule has 3 aromatic rings. The highest BCUT2D eigenvalue weighted by atomic mass is 32.2. The summed E-state index contributed by atoms with van der Waals surface area (Å²) >= 11 is 0. The van der Waals surface area contributed by atoms with Gasteiger partial charge in [-0.05, 0) is 19.1 Å². The van der Waals surface area contributed by atoms with E-state index < -0.39 is 22.1 Å². The number of aryl methyl sites for hydroxylation is 1. The van der Waals surface area contributed by atoms with E-state index in [1.54, 1.807) is 19.1 Å². The average molecular weight is 474 g/mol. The van der Waals surface area contributed by atoms with Crippen molar-refractivity contribution in [1.82, 2.24) is 24.8 Å². The molecule has 0 bridgehead atoms. The van der Waals surface area contributed by atoms with Crippen LogP contribution >= 0.6 is 0 Å². The van der Waals surface area contributed by atoms with Crippen molar-refractivity contribution in [3.05, 3.63) is 65.4 Å². The summed E-state index contributed by atoms with van der Waals surface area (Å²) in [5, 5.41) is 7.81. The van der Waals surface area contributed by atoms with Gasteiger partial charge < -0.3 is 9.47 Å². The van der Waals surface area contributed by atoms with Crippen LogP contribution in [0, 0.1) is 12.7 Å². The summed E-state index contributed by atoms with van der Waals surface area (Å²) in [6.07, 6.45) is 0.739. The molecule has 172 valence electrons. The molecule has 11 nitrogen and oxygen atoms in total. The quantitative estimate of drug-likeness (QED) is 0.533. The van der Waals surface area contributed by atoms with Gasteiger partial charge in [-0.2, -0.15) is 13.5 Å². The molecule has 2 aromatic heterocycles. The fraction of sp³-hybridized carbons (Fsp3) is 0.200. The normalized spacial score (nSPS) is 13.3. The molecule has 0 saturated heterocycles. The first-order chi connectivity index (χ1) is 15.7. The van der Waals surface area contributed by atoms with Gasteiger partial charge in [0.25, 0.3) is 10.2 Å². The second-order valence-electron chi connectivity index (χ2n) is 7.04. The zero-order valence-electron chi connectivity index (χ0n) is 17.6. The second-order valence-corrected chi connectivity index (χ2v) is 8.66. The second kappa shape index (κ2) is 8.96. The number of aromatic nitrogens is 3. The molecule has 0 saturated carbocycles. The van der Waals surface area contributed by atoms with Crippen molar-refractivity contribution in [2.75, 3.05) is 11.8 Å². The summed E-state index contributed by atoms with van der Waals surface area (Å²) in [7, 11) is -2.70.